The Hall–Kier alpha value is -2.63. The average Bonchev–Trinajstić information content (AvgIpc) is 3.13. The number of ether oxygens (including phenoxy) is 1. The molecule has 0 aliphatic heterocycles. The van der Waals surface area contributed by atoms with Gasteiger partial charge in [-0.05, 0) is 18.6 Å². The summed E-state index contributed by atoms with van der Waals surface area (Å²) < 4.78 is 6.74. The van der Waals surface area contributed by atoms with Gasteiger partial charge in [0.05, 0.1) is 19.4 Å². The number of carbonyl (C=O) groups excluding carboxylic acids is 2. The second kappa shape index (κ2) is 8.86. The lowest BCUT2D eigenvalue weighted by molar-refractivity contribution is -0.145. The molecule has 0 fully saturated rings. The molecule has 0 aliphatic carbocycles. The molecule has 6 heteroatoms. The Labute approximate surface area is 142 Å². The van der Waals surface area contributed by atoms with E-state index in [9.17, 15) is 9.59 Å². The van der Waals surface area contributed by atoms with Gasteiger partial charge in [-0.2, -0.15) is 0 Å². The monoisotopic (exact) mass is 329 g/mol. The van der Waals surface area contributed by atoms with Gasteiger partial charge in [0, 0.05) is 37.6 Å². The van der Waals surface area contributed by atoms with Gasteiger partial charge in [0.25, 0.3) is 5.91 Å². The fraction of sp³-hybridized carbons (Fsp3) is 0.389. The van der Waals surface area contributed by atoms with E-state index in [4.69, 9.17) is 4.74 Å². The Kier molecular flexibility index (Phi) is 6.54. The van der Waals surface area contributed by atoms with Crippen LogP contribution in [-0.4, -0.2) is 46.5 Å². The quantitative estimate of drug-likeness (QED) is 0.697. The molecule has 1 heterocycles. The van der Waals surface area contributed by atoms with E-state index < -0.39 is 0 Å². The van der Waals surface area contributed by atoms with Crippen LogP contribution in [0.3, 0.4) is 0 Å². The van der Waals surface area contributed by atoms with E-state index in [2.05, 4.69) is 4.98 Å². The topological polar surface area (TPSA) is 64.4 Å². The lowest BCUT2D eigenvalue weighted by Gasteiger charge is -2.25. The number of esters is 1. The summed E-state index contributed by atoms with van der Waals surface area (Å²) in [6.45, 7) is 3.44. The van der Waals surface area contributed by atoms with Crippen LogP contribution in [0.25, 0.3) is 0 Å². The number of methoxy groups -OCH3 is 1. The largest absolute Gasteiger partial charge is 0.469 e. The number of carbonyl (C=O) groups is 2. The van der Waals surface area contributed by atoms with Crippen LogP contribution in [0, 0.1) is 5.92 Å². The lowest BCUT2D eigenvalue weighted by atomic mass is 10.1. The highest BCUT2D eigenvalue weighted by atomic mass is 16.5. The van der Waals surface area contributed by atoms with Crippen LogP contribution in [0.15, 0.2) is 49.1 Å². The van der Waals surface area contributed by atoms with E-state index in [1.54, 1.807) is 36.5 Å². The van der Waals surface area contributed by atoms with Crippen LogP contribution in [0.5, 0.6) is 0 Å². The van der Waals surface area contributed by atoms with E-state index in [1.807, 2.05) is 29.0 Å². The maximum Gasteiger partial charge on any atom is 0.310 e. The molecule has 1 amide bonds. The summed E-state index contributed by atoms with van der Waals surface area (Å²) >= 11 is 0. The van der Waals surface area contributed by atoms with Crippen molar-refractivity contribution in [3.8, 4) is 0 Å². The maximum absolute atomic E-state index is 12.7. The van der Waals surface area contributed by atoms with Crippen molar-refractivity contribution >= 4 is 11.9 Å². The van der Waals surface area contributed by atoms with Crippen LogP contribution in [0.1, 0.15) is 23.7 Å². The van der Waals surface area contributed by atoms with Crippen molar-refractivity contribution in [1.82, 2.24) is 14.5 Å². The number of aryl methyl sites for hydroxylation is 1. The van der Waals surface area contributed by atoms with E-state index in [0.717, 1.165) is 13.0 Å². The van der Waals surface area contributed by atoms with E-state index in [-0.39, 0.29) is 17.8 Å². The van der Waals surface area contributed by atoms with Crippen molar-refractivity contribution in [2.24, 2.45) is 5.92 Å². The van der Waals surface area contributed by atoms with Gasteiger partial charge in [-0.1, -0.05) is 25.1 Å². The molecular weight excluding hydrogens is 306 g/mol. The number of rotatable bonds is 8. The normalized spacial score (nSPS) is 11.8. The molecule has 1 aromatic carbocycles. The molecule has 2 rings (SSSR count). The van der Waals surface area contributed by atoms with Crippen LogP contribution < -0.4 is 0 Å². The van der Waals surface area contributed by atoms with Gasteiger partial charge in [-0.15, -0.1) is 0 Å². The zero-order chi connectivity index (χ0) is 17.4. The molecule has 0 N–H and O–H groups in total. The summed E-state index contributed by atoms with van der Waals surface area (Å²) in [6.07, 6.45) is 6.15. The summed E-state index contributed by atoms with van der Waals surface area (Å²) in [7, 11) is 1.36. The summed E-state index contributed by atoms with van der Waals surface area (Å²) in [5.74, 6) is -0.747. The fourth-order valence-corrected chi connectivity index (χ4v) is 2.51. The molecule has 0 saturated carbocycles. The molecule has 2 aromatic rings. The molecule has 6 nitrogen and oxygen atoms in total. The third kappa shape index (κ3) is 4.94. The summed E-state index contributed by atoms with van der Waals surface area (Å²) in [5, 5.41) is 0. The first-order chi connectivity index (χ1) is 11.6. The second-order valence-corrected chi connectivity index (χ2v) is 5.70. The van der Waals surface area contributed by atoms with Crippen molar-refractivity contribution < 1.29 is 14.3 Å². The zero-order valence-corrected chi connectivity index (χ0v) is 14.1. The fourth-order valence-electron chi connectivity index (χ4n) is 2.51. The standard InChI is InChI=1S/C18H23N3O3/c1-15(18(23)24-2)13-21(11-6-10-20-12-9-19-14-20)17(22)16-7-4-3-5-8-16/h3-5,7-9,12,14-15H,6,10-11,13H2,1-2H3. The average molecular weight is 329 g/mol. The van der Waals surface area contributed by atoms with Crippen LogP contribution >= 0.6 is 0 Å². The first kappa shape index (κ1) is 17.7. The van der Waals surface area contributed by atoms with Crippen molar-refractivity contribution in [3.63, 3.8) is 0 Å². The zero-order valence-electron chi connectivity index (χ0n) is 14.1. The summed E-state index contributed by atoms with van der Waals surface area (Å²) in [4.78, 5) is 30.2. The van der Waals surface area contributed by atoms with Crippen molar-refractivity contribution in [2.45, 2.75) is 19.9 Å². The van der Waals surface area contributed by atoms with Gasteiger partial charge in [0.2, 0.25) is 0 Å². The molecule has 128 valence electrons. The van der Waals surface area contributed by atoms with Crippen LogP contribution in [-0.2, 0) is 16.1 Å². The molecule has 0 radical (unpaired) electrons. The summed E-state index contributed by atoms with van der Waals surface area (Å²) in [5.41, 5.74) is 0.622. The van der Waals surface area contributed by atoms with Crippen molar-refractivity contribution in [2.75, 3.05) is 20.2 Å². The smallest absolute Gasteiger partial charge is 0.310 e. The molecule has 1 atom stereocenters. The predicted octanol–water partition coefficient (Wildman–Crippen LogP) is 2.22. The maximum atomic E-state index is 12.7. The minimum absolute atomic E-state index is 0.0722. The first-order valence-corrected chi connectivity index (χ1v) is 7.99. The number of imidazole rings is 1. The molecule has 1 aromatic heterocycles. The summed E-state index contributed by atoms with van der Waals surface area (Å²) in [6, 6.07) is 9.11. The Morgan fingerprint density at radius 1 is 1.29 bits per heavy atom. The minimum Gasteiger partial charge on any atom is -0.469 e. The van der Waals surface area contributed by atoms with Crippen LogP contribution in [0.2, 0.25) is 0 Å². The highest BCUT2D eigenvalue weighted by molar-refractivity contribution is 5.94. The molecule has 24 heavy (non-hydrogen) atoms. The molecule has 0 aliphatic rings. The Bertz CT molecular complexity index is 641. The van der Waals surface area contributed by atoms with Crippen molar-refractivity contribution in [3.05, 3.63) is 54.6 Å². The van der Waals surface area contributed by atoms with Gasteiger partial charge in [0.1, 0.15) is 0 Å². The predicted molar refractivity (Wildman–Crippen MR) is 90.4 cm³/mol. The third-order valence-electron chi connectivity index (χ3n) is 3.81. The molecule has 0 bridgehead atoms. The van der Waals surface area contributed by atoms with E-state index >= 15 is 0 Å². The third-order valence-corrected chi connectivity index (χ3v) is 3.81. The second-order valence-electron chi connectivity index (χ2n) is 5.70. The highest BCUT2D eigenvalue weighted by Crippen LogP contribution is 2.10. The first-order valence-electron chi connectivity index (χ1n) is 7.99. The molecular formula is C18H23N3O3. The van der Waals surface area contributed by atoms with Crippen molar-refractivity contribution in [1.29, 1.82) is 0 Å². The van der Waals surface area contributed by atoms with Gasteiger partial charge in [0.15, 0.2) is 0 Å². The van der Waals surface area contributed by atoms with Gasteiger partial charge < -0.3 is 14.2 Å². The molecule has 0 spiro atoms. The van der Waals surface area contributed by atoms with Gasteiger partial charge >= 0.3 is 5.97 Å². The van der Waals surface area contributed by atoms with Gasteiger partial charge in [-0.25, -0.2) is 4.98 Å². The van der Waals surface area contributed by atoms with Crippen LogP contribution in [0.4, 0.5) is 0 Å². The van der Waals surface area contributed by atoms with E-state index in [0.29, 0.717) is 18.7 Å². The number of hydrogen-bond donors (Lipinski definition) is 0. The SMILES string of the molecule is COC(=O)C(C)CN(CCCn1ccnc1)C(=O)c1ccccc1. The van der Waals surface area contributed by atoms with Gasteiger partial charge in [-0.3, -0.25) is 9.59 Å². The number of benzene rings is 1. The number of aromatic nitrogens is 2. The van der Waals surface area contributed by atoms with E-state index in [1.165, 1.54) is 7.11 Å². The Morgan fingerprint density at radius 3 is 2.67 bits per heavy atom. The Balaban J connectivity index is 2.02. The minimum atomic E-state index is -0.365. The number of amides is 1. The number of hydrogen-bond acceptors (Lipinski definition) is 4. The highest BCUT2D eigenvalue weighted by Gasteiger charge is 2.22. The molecule has 0 saturated heterocycles. The number of nitrogens with zero attached hydrogens (tertiary/aromatic N) is 3. The lowest BCUT2D eigenvalue weighted by Crippen LogP contribution is -2.38. The molecule has 1 unspecified atom stereocenters. The Morgan fingerprint density at radius 2 is 2.04 bits per heavy atom.